The third-order valence-electron chi connectivity index (χ3n) is 6.56. The molecule has 5 rings (SSSR count). The second-order valence-corrected chi connectivity index (χ2v) is 8.89. The number of benzene rings is 1. The molecule has 2 aliphatic rings. The van der Waals surface area contributed by atoms with Crippen LogP contribution in [0, 0.1) is 5.92 Å². The van der Waals surface area contributed by atoms with Crippen molar-refractivity contribution in [3.63, 3.8) is 0 Å². The van der Waals surface area contributed by atoms with Crippen molar-refractivity contribution in [1.82, 2.24) is 19.7 Å². The van der Waals surface area contributed by atoms with Gasteiger partial charge in [0.25, 0.3) is 5.91 Å². The Morgan fingerprint density at radius 1 is 1.19 bits per heavy atom. The van der Waals surface area contributed by atoms with Crippen LogP contribution in [0.5, 0.6) is 0 Å². The molecule has 0 saturated heterocycles. The van der Waals surface area contributed by atoms with Crippen molar-refractivity contribution in [2.24, 2.45) is 5.92 Å². The third kappa shape index (κ3) is 3.45. The molecule has 3 heterocycles. The van der Waals surface area contributed by atoms with Crippen LogP contribution in [0.4, 0.5) is 5.82 Å². The van der Waals surface area contributed by atoms with Gasteiger partial charge in [-0.05, 0) is 68.4 Å². The lowest BCUT2D eigenvalue weighted by atomic mass is 9.93. The molecule has 0 bridgehead atoms. The number of aliphatic carboxylic acids is 1. The summed E-state index contributed by atoms with van der Waals surface area (Å²) in [4.78, 5) is 31.0. The Hall–Kier alpha value is -3.55. The molecule has 1 amide bonds. The molecule has 1 N–H and O–H groups in total. The standard InChI is InChI=1S/C24H25N5O3/c1-14(2)29-13-25-27-22(29)20-4-3-5-21(26-20)28-12-18-9-7-16(11-19(18)23(28)30)15-6-8-17(10-15)24(31)32/h3-5,7,9,11,13-15,17H,6,8,10,12H2,1-2H3,(H,31,32)/t15-,17-/m0/s1. The van der Waals surface area contributed by atoms with Gasteiger partial charge in [-0.15, -0.1) is 10.2 Å². The number of hydrogen-bond donors (Lipinski definition) is 1. The summed E-state index contributed by atoms with van der Waals surface area (Å²) in [6.07, 6.45) is 3.85. The quantitative estimate of drug-likeness (QED) is 0.654. The molecular formula is C24H25N5O3. The van der Waals surface area contributed by atoms with E-state index < -0.39 is 5.97 Å². The van der Waals surface area contributed by atoms with Gasteiger partial charge in [-0.1, -0.05) is 18.2 Å². The first-order chi connectivity index (χ1) is 15.4. The van der Waals surface area contributed by atoms with Crippen LogP contribution in [0.1, 0.15) is 66.6 Å². The number of hydrogen-bond acceptors (Lipinski definition) is 5. The minimum Gasteiger partial charge on any atom is -0.481 e. The van der Waals surface area contributed by atoms with Crippen LogP contribution >= 0.6 is 0 Å². The van der Waals surface area contributed by atoms with Crippen LogP contribution in [-0.4, -0.2) is 36.7 Å². The van der Waals surface area contributed by atoms with Crippen molar-refractivity contribution in [2.75, 3.05) is 4.90 Å². The summed E-state index contributed by atoms with van der Waals surface area (Å²) in [6, 6.07) is 11.8. The SMILES string of the molecule is CC(C)n1cnnc1-c1cccc(N2Cc3ccc([C@H]4CC[C@H](C(=O)O)C4)cc3C2=O)n1. The molecule has 164 valence electrons. The predicted octanol–water partition coefficient (Wildman–Crippen LogP) is 4.05. The van der Waals surface area contributed by atoms with E-state index in [2.05, 4.69) is 24.0 Å². The Bertz CT molecular complexity index is 1200. The van der Waals surface area contributed by atoms with Gasteiger partial charge >= 0.3 is 5.97 Å². The van der Waals surface area contributed by atoms with Crippen LogP contribution in [0.2, 0.25) is 0 Å². The number of carboxylic acid groups (broad SMARTS) is 1. The molecule has 0 radical (unpaired) electrons. The van der Waals surface area contributed by atoms with E-state index in [1.807, 2.05) is 41.0 Å². The zero-order valence-electron chi connectivity index (χ0n) is 18.1. The Labute approximate surface area is 185 Å². The lowest BCUT2D eigenvalue weighted by Gasteiger charge is -2.16. The molecule has 1 aromatic carbocycles. The van der Waals surface area contributed by atoms with Gasteiger partial charge in [0.15, 0.2) is 5.82 Å². The predicted molar refractivity (Wildman–Crippen MR) is 118 cm³/mol. The molecule has 1 fully saturated rings. The van der Waals surface area contributed by atoms with Crippen LogP contribution < -0.4 is 4.90 Å². The van der Waals surface area contributed by atoms with E-state index in [-0.39, 0.29) is 23.8 Å². The highest BCUT2D eigenvalue weighted by atomic mass is 16.4. The van der Waals surface area contributed by atoms with Crippen LogP contribution in [0.25, 0.3) is 11.5 Å². The number of carboxylic acids is 1. The number of fused-ring (bicyclic) bond motifs is 1. The molecule has 1 saturated carbocycles. The van der Waals surface area contributed by atoms with Gasteiger partial charge in [0.1, 0.15) is 17.8 Å². The molecule has 8 nitrogen and oxygen atoms in total. The molecule has 2 aromatic heterocycles. The molecule has 8 heteroatoms. The molecule has 0 spiro atoms. The van der Waals surface area contributed by atoms with Crippen LogP contribution in [0.3, 0.4) is 0 Å². The fourth-order valence-corrected chi connectivity index (χ4v) is 4.77. The number of pyridine rings is 1. The summed E-state index contributed by atoms with van der Waals surface area (Å²) >= 11 is 0. The van der Waals surface area contributed by atoms with Crippen molar-refractivity contribution in [3.8, 4) is 11.5 Å². The van der Waals surface area contributed by atoms with Gasteiger partial charge in [-0.2, -0.15) is 0 Å². The fourth-order valence-electron chi connectivity index (χ4n) is 4.77. The number of carbonyl (C=O) groups excluding carboxylic acids is 1. The van der Waals surface area contributed by atoms with Crippen molar-refractivity contribution in [1.29, 1.82) is 0 Å². The zero-order chi connectivity index (χ0) is 22.4. The second-order valence-electron chi connectivity index (χ2n) is 8.89. The maximum absolute atomic E-state index is 13.3. The number of carbonyl (C=O) groups is 2. The average molecular weight is 431 g/mol. The Morgan fingerprint density at radius 3 is 2.78 bits per heavy atom. The third-order valence-corrected chi connectivity index (χ3v) is 6.56. The maximum atomic E-state index is 13.3. The number of anilines is 1. The molecule has 0 unspecified atom stereocenters. The molecule has 1 aliphatic heterocycles. The van der Waals surface area contributed by atoms with Crippen molar-refractivity contribution >= 4 is 17.7 Å². The summed E-state index contributed by atoms with van der Waals surface area (Å²) in [5.74, 6) is 0.338. The van der Waals surface area contributed by atoms with Gasteiger partial charge in [-0.25, -0.2) is 4.98 Å². The lowest BCUT2D eigenvalue weighted by Crippen LogP contribution is -2.24. The van der Waals surface area contributed by atoms with E-state index in [0.717, 1.165) is 17.5 Å². The second kappa shape index (κ2) is 7.85. The van der Waals surface area contributed by atoms with E-state index in [9.17, 15) is 14.7 Å². The number of nitrogens with zero attached hydrogens (tertiary/aromatic N) is 5. The first-order valence-corrected chi connectivity index (χ1v) is 11.0. The van der Waals surface area contributed by atoms with Gasteiger partial charge < -0.3 is 9.67 Å². The Kier molecular flexibility index (Phi) is 5.00. The molecule has 2 atom stereocenters. The van der Waals surface area contributed by atoms with Gasteiger partial charge in [0.05, 0.1) is 12.5 Å². The molecule has 1 aliphatic carbocycles. The summed E-state index contributed by atoms with van der Waals surface area (Å²) < 4.78 is 1.95. The number of rotatable bonds is 5. The van der Waals surface area contributed by atoms with E-state index in [4.69, 9.17) is 4.98 Å². The zero-order valence-corrected chi connectivity index (χ0v) is 18.1. The summed E-state index contributed by atoms with van der Waals surface area (Å²) in [7, 11) is 0. The Balaban J connectivity index is 1.41. The number of amides is 1. The molecular weight excluding hydrogens is 406 g/mol. The summed E-state index contributed by atoms with van der Waals surface area (Å²) in [5, 5.41) is 17.5. The van der Waals surface area contributed by atoms with E-state index in [1.165, 1.54) is 0 Å². The normalized spacial score (nSPS) is 20.2. The largest absolute Gasteiger partial charge is 0.481 e. The Morgan fingerprint density at radius 2 is 2.03 bits per heavy atom. The average Bonchev–Trinajstić information content (AvgIpc) is 3.52. The molecule has 32 heavy (non-hydrogen) atoms. The summed E-state index contributed by atoms with van der Waals surface area (Å²) in [6.45, 7) is 4.57. The van der Waals surface area contributed by atoms with Crippen molar-refractivity contribution in [2.45, 2.75) is 51.6 Å². The van der Waals surface area contributed by atoms with Crippen molar-refractivity contribution < 1.29 is 14.7 Å². The van der Waals surface area contributed by atoms with E-state index in [0.29, 0.717) is 42.3 Å². The van der Waals surface area contributed by atoms with Gasteiger partial charge in [0, 0.05) is 11.6 Å². The van der Waals surface area contributed by atoms with Crippen LogP contribution in [-0.2, 0) is 11.3 Å². The monoisotopic (exact) mass is 431 g/mol. The first kappa shape index (κ1) is 20.4. The van der Waals surface area contributed by atoms with Crippen molar-refractivity contribution in [3.05, 3.63) is 59.4 Å². The van der Waals surface area contributed by atoms with E-state index in [1.54, 1.807) is 11.2 Å². The van der Waals surface area contributed by atoms with E-state index >= 15 is 0 Å². The van der Waals surface area contributed by atoms with Gasteiger partial charge in [0.2, 0.25) is 0 Å². The maximum Gasteiger partial charge on any atom is 0.306 e. The summed E-state index contributed by atoms with van der Waals surface area (Å²) in [5.41, 5.74) is 3.36. The lowest BCUT2D eigenvalue weighted by molar-refractivity contribution is -0.141. The first-order valence-electron chi connectivity index (χ1n) is 11.0. The molecule has 3 aromatic rings. The number of aromatic nitrogens is 4. The highest BCUT2D eigenvalue weighted by Crippen LogP contribution is 2.40. The fraction of sp³-hybridized carbons (Fsp3) is 0.375. The highest BCUT2D eigenvalue weighted by molar-refractivity contribution is 6.09. The van der Waals surface area contributed by atoms with Crippen LogP contribution in [0.15, 0.2) is 42.7 Å². The highest BCUT2D eigenvalue weighted by Gasteiger charge is 2.34. The topological polar surface area (TPSA) is 101 Å². The minimum atomic E-state index is -0.727. The smallest absolute Gasteiger partial charge is 0.306 e. The minimum absolute atomic E-state index is 0.0791. The van der Waals surface area contributed by atoms with Gasteiger partial charge in [-0.3, -0.25) is 14.5 Å².